The fraction of sp³-hybridized carbons (Fsp3) is 0.657. The van der Waals surface area contributed by atoms with Crippen LogP contribution in [-0.2, 0) is 79.9 Å². The Labute approximate surface area is 584 Å². The number of aryl methyl sites for hydroxylation is 1. The van der Waals surface area contributed by atoms with E-state index in [9.17, 15) is 72.2 Å². The minimum absolute atomic E-state index is 0.0171. The fourth-order valence-corrected chi connectivity index (χ4v) is 14.3. The quantitative estimate of drug-likeness (QED) is 0.0419. The van der Waals surface area contributed by atoms with E-state index in [4.69, 9.17) is 4.74 Å². The van der Waals surface area contributed by atoms with Gasteiger partial charge >= 0.3 is 12.0 Å². The molecule has 5 heterocycles. The summed E-state index contributed by atoms with van der Waals surface area (Å²) in [6.45, 7) is 4.35. The first-order chi connectivity index (χ1) is 48.0. The predicted molar refractivity (Wildman–Crippen MR) is 362 cm³/mol. The molecule has 33 heteroatoms. The maximum Gasteiger partial charge on any atom is 0.315 e. The lowest BCUT2D eigenvalue weighted by atomic mass is 10.0. The number of imidazole rings is 1. The van der Waals surface area contributed by atoms with Crippen molar-refractivity contribution < 1.29 is 77.0 Å². The van der Waals surface area contributed by atoms with Crippen molar-refractivity contribution in [2.24, 2.45) is 17.8 Å². The zero-order chi connectivity index (χ0) is 71.8. The number of nitrogens with zero attached hydrogens (tertiary/aromatic N) is 2. The summed E-state index contributed by atoms with van der Waals surface area (Å²) in [6, 6.07) is -2.05. The number of ether oxygens (including phenoxy) is 1. The number of benzene rings is 1. The molecule has 0 spiro atoms. The molecule has 15 N–H and O–H groups in total. The van der Waals surface area contributed by atoms with Crippen LogP contribution < -0.4 is 69.1 Å². The number of carbonyl (C=O) groups excluding carboxylic acids is 13. The molecule has 2 aliphatic carbocycles. The van der Waals surface area contributed by atoms with E-state index in [2.05, 4.69) is 79.1 Å². The molecule has 1 aromatic carbocycles. The predicted octanol–water partition coefficient (Wildman–Crippen LogP) is -1.52. The Morgan fingerprint density at radius 3 is 2.02 bits per heavy atom. The highest BCUT2D eigenvalue weighted by molar-refractivity contribution is 8.00. The molecule has 4 saturated heterocycles. The third-order valence-electron chi connectivity index (χ3n) is 18.7. The van der Waals surface area contributed by atoms with Crippen molar-refractivity contribution in [3.8, 4) is 0 Å². The second-order valence-corrected chi connectivity index (χ2v) is 28.1. The minimum Gasteiger partial charge on any atom is -0.481 e. The minimum atomic E-state index is -1.53. The van der Waals surface area contributed by atoms with Gasteiger partial charge in [-0.05, 0) is 113 Å². The van der Waals surface area contributed by atoms with Gasteiger partial charge in [-0.2, -0.15) is 11.8 Å². The first kappa shape index (κ1) is 76.9. The van der Waals surface area contributed by atoms with Crippen molar-refractivity contribution in [1.82, 2.24) is 84.0 Å². The van der Waals surface area contributed by atoms with Crippen molar-refractivity contribution in [2.75, 3.05) is 45.1 Å². The Kier molecular flexibility index (Phi) is 29.3. The van der Waals surface area contributed by atoms with E-state index in [0.717, 1.165) is 24.2 Å². The van der Waals surface area contributed by atoms with Gasteiger partial charge in [0.05, 0.1) is 38.2 Å². The zero-order valence-corrected chi connectivity index (χ0v) is 57.8. The number of carboxylic acid groups (broad SMARTS) is 1. The summed E-state index contributed by atoms with van der Waals surface area (Å²) in [5.74, 6) is -10.0. The third kappa shape index (κ3) is 23.6. The standard InChI is InChI=1S/C67H98N16O16S/c1-4-42-59(90)80-55(39-19-20-39)64(95)76-43(23-18-38-12-6-5-7-13-38)58(89)70-27-10-14-45(74-51(85)26-30-99-31-28-69-50(84)17-9-8-16-49-57-47(35-100-49)78-67(98)82-57)66(97)83-29-11-15-48(83)62(93)81-56(40-21-22-40)65(96)77-46(32-41-33-68-36-72-41)61(92)79-54(37(2)3)63(94)71-34-52(86)73-44(60(91)75-42)24-25-53(87)88/h5-7,12-13,33,36-37,39-40,42-49,54-57H,4,8-11,14-32,34-35H2,1-3H3,(H,68,72)(H,69,84)(H,70,89)(H,71,94)(H,73,86)(H,74,85)(H,75,91)(H,76,95)(H,77,96)(H,79,92)(H,80,90)(H,81,93)(H,87,88)(H2,78,82,98)/t42-,43-,44-,45-,46-,47-,48+,49-,54-,55-,56-,57-/m0/s1. The van der Waals surface area contributed by atoms with Crippen molar-refractivity contribution >= 4 is 94.6 Å². The molecule has 0 radical (unpaired) electrons. The summed E-state index contributed by atoms with van der Waals surface area (Å²) in [5, 5.41) is 45.7. The molecule has 12 atom stereocenters. The number of aliphatic carboxylic acids is 1. The van der Waals surface area contributed by atoms with Crippen LogP contribution in [0, 0.1) is 17.8 Å². The smallest absolute Gasteiger partial charge is 0.315 e. The lowest BCUT2D eigenvalue weighted by Crippen LogP contribution is -2.60. The molecule has 100 heavy (non-hydrogen) atoms. The summed E-state index contributed by atoms with van der Waals surface area (Å²) in [7, 11) is 0. The van der Waals surface area contributed by atoms with Crippen LogP contribution >= 0.6 is 11.8 Å². The maximum absolute atomic E-state index is 14.9. The van der Waals surface area contributed by atoms with E-state index in [1.165, 1.54) is 17.4 Å². The Bertz CT molecular complexity index is 3210. The number of thioether (sulfide) groups is 1. The van der Waals surface area contributed by atoms with Crippen molar-refractivity contribution in [2.45, 2.75) is 214 Å². The van der Waals surface area contributed by atoms with E-state index in [0.29, 0.717) is 57.1 Å². The first-order valence-corrected chi connectivity index (χ1v) is 36.1. The SMILES string of the molecule is CC[C@@H]1NC(=O)[C@H](CCC(=O)O)NC(=O)CNC(=O)[C@H](C(C)C)NC(=O)[C@H](Cc2cnc[nH]2)NC(=O)[C@H](C2CC2)NC(=O)[C@H]2CCCN2C(=O)[C@@H](NC(=O)CCOCCNC(=O)CCCC[C@@H]2SC[C@@H]3NC(=O)N[C@@H]32)CCCNC(=O)[C@H](CCc2ccccc2)NC(=O)[C@H](C2CC2)NC1=O. The van der Waals surface area contributed by atoms with E-state index in [1.807, 2.05) is 42.1 Å². The highest BCUT2D eigenvalue weighted by Gasteiger charge is 2.46. The number of aromatic nitrogens is 2. The summed E-state index contributed by atoms with van der Waals surface area (Å²) in [5.41, 5.74) is 1.29. The summed E-state index contributed by atoms with van der Waals surface area (Å²) in [6.07, 6.45) is 7.40. The topological polar surface area (TPSA) is 457 Å². The highest BCUT2D eigenvalue weighted by Crippen LogP contribution is 2.35. The molecule has 32 nitrogen and oxygen atoms in total. The van der Waals surface area contributed by atoms with Crippen LogP contribution in [-0.4, -0.2) is 220 Å². The van der Waals surface area contributed by atoms with Crippen molar-refractivity contribution in [3.63, 3.8) is 0 Å². The number of amides is 14. The second-order valence-electron chi connectivity index (χ2n) is 26.9. The van der Waals surface area contributed by atoms with Gasteiger partial charge in [-0.15, -0.1) is 0 Å². The molecular weight excluding hydrogens is 1320 g/mol. The Balaban J connectivity index is 0.983. The lowest BCUT2D eigenvalue weighted by molar-refractivity contribution is -0.142. The van der Waals surface area contributed by atoms with Gasteiger partial charge in [-0.1, -0.05) is 57.5 Å². The number of rotatable bonds is 24. The molecular formula is C67H98N16O16S. The monoisotopic (exact) mass is 1410 g/mol. The molecule has 4 aliphatic heterocycles. The van der Waals surface area contributed by atoms with Gasteiger partial charge < -0.3 is 88.8 Å². The number of carboxylic acids is 1. The van der Waals surface area contributed by atoms with Gasteiger partial charge in [0, 0.05) is 68.2 Å². The van der Waals surface area contributed by atoms with Crippen LogP contribution in [0.3, 0.4) is 0 Å². The van der Waals surface area contributed by atoms with Crippen LogP contribution in [0.1, 0.15) is 141 Å². The largest absolute Gasteiger partial charge is 0.481 e. The zero-order valence-electron chi connectivity index (χ0n) is 57.0. The van der Waals surface area contributed by atoms with Gasteiger partial charge in [0.15, 0.2) is 0 Å². The Morgan fingerprint density at radius 1 is 0.660 bits per heavy atom. The normalized spacial score (nSPS) is 27.5. The van der Waals surface area contributed by atoms with Crippen LogP contribution in [0.5, 0.6) is 0 Å². The molecule has 14 amide bonds. The molecule has 6 aliphatic rings. The molecule has 548 valence electrons. The Morgan fingerprint density at radius 2 is 1.34 bits per heavy atom. The molecule has 8 rings (SSSR count). The summed E-state index contributed by atoms with van der Waals surface area (Å²) in [4.78, 5) is 201. The molecule has 1 aromatic heterocycles. The number of urea groups is 1. The lowest BCUT2D eigenvalue weighted by Gasteiger charge is -2.30. The average molecular weight is 1420 g/mol. The van der Waals surface area contributed by atoms with Gasteiger partial charge in [-0.25, -0.2) is 9.78 Å². The highest BCUT2D eigenvalue weighted by atomic mass is 32.2. The molecule has 6 fully saturated rings. The number of H-pyrrole nitrogens is 1. The van der Waals surface area contributed by atoms with E-state index in [-0.39, 0.29) is 119 Å². The summed E-state index contributed by atoms with van der Waals surface area (Å²) >= 11 is 1.82. The number of nitrogens with one attached hydrogen (secondary N) is 14. The Hall–Kier alpha value is -8.88. The van der Waals surface area contributed by atoms with E-state index in [1.54, 1.807) is 20.8 Å². The summed E-state index contributed by atoms with van der Waals surface area (Å²) < 4.78 is 5.72. The second kappa shape index (κ2) is 38.1. The molecule has 2 aromatic rings. The maximum atomic E-state index is 14.9. The number of hydrogen-bond acceptors (Lipinski definition) is 17. The number of unbranched alkanes of at least 4 members (excludes halogenated alkanes) is 1. The van der Waals surface area contributed by atoms with Crippen LogP contribution in [0.4, 0.5) is 4.79 Å². The van der Waals surface area contributed by atoms with Crippen LogP contribution in [0.25, 0.3) is 0 Å². The average Bonchev–Trinajstić information content (AvgIpc) is 1.64. The van der Waals surface area contributed by atoms with Gasteiger partial charge in [0.1, 0.15) is 54.4 Å². The van der Waals surface area contributed by atoms with Gasteiger partial charge in [-0.3, -0.25) is 62.3 Å². The van der Waals surface area contributed by atoms with E-state index >= 15 is 0 Å². The van der Waals surface area contributed by atoms with Gasteiger partial charge in [0.2, 0.25) is 70.9 Å². The fourth-order valence-electron chi connectivity index (χ4n) is 12.8. The third-order valence-corrected chi connectivity index (χ3v) is 20.2. The van der Waals surface area contributed by atoms with Crippen LogP contribution in [0.2, 0.25) is 0 Å². The number of aromatic amines is 1. The molecule has 0 unspecified atom stereocenters. The number of fused-ring (bicyclic) bond motifs is 2. The molecule has 2 saturated carbocycles. The van der Waals surface area contributed by atoms with Crippen molar-refractivity contribution in [1.29, 1.82) is 0 Å². The number of carbonyl (C=O) groups is 14. The van der Waals surface area contributed by atoms with E-state index < -0.39 is 151 Å². The van der Waals surface area contributed by atoms with Gasteiger partial charge in [0.25, 0.3) is 0 Å². The number of hydrogen-bond donors (Lipinski definition) is 15. The molecule has 0 bridgehead atoms. The van der Waals surface area contributed by atoms with Crippen molar-refractivity contribution in [3.05, 3.63) is 54.1 Å². The van der Waals surface area contributed by atoms with Crippen LogP contribution in [0.15, 0.2) is 42.9 Å². The first-order valence-electron chi connectivity index (χ1n) is 35.1.